The molecule has 0 spiro atoms. The Hall–Kier alpha value is -2.82. The van der Waals surface area contributed by atoms with E-state index in [9.17, 15) is 10.2 Å². The number of aliphatic hydroxyl groups excluding tert-OH is 1. The van der Waals surface area contributed by atoms with Gasteiger partial charge in [-0.05, 0) is 62.3 Å². The number of aryl methyl sites for hydroxylation is 2. The lowest BCUT2D eigenvalue weighted by Gasteiger charge is -2.48. The molecule has 0 aromatic heterocycles. The van der Waals surface area contributed by atoms with Crippen LogP contribution < -0.4 is 4.74 Å². The highest BCUT2D eigenvalue weighted by Crippen LogP contribution is 2.48. The van der Waals surface area contributed by atoms with Crippen molar-refractivity contribution in [3.8, 4) is 11.5 Å². The van der Waals surface area contributed by atoms with Crippen LogP contribution in [-0.4, -0.2) is 29.0 Å². The number of hydrogen-bond donors (Lipinski definition) is 2. The van der Waals surface area contributed by atoms with Crippen molar-refractivity contribution in [2.75, 3.05) is 6.61 Å². The minimum Gasteiger partial charge on any atom is -0.504 e. The van der Waals surface area contributed by atoms with E-state index in [1.165, 1.54) is 11.1 Å². The summed E-state index contributed by atoms with van der Waals surface area (Å²) in [6.45, 7) is 9.03. The van der Waals surface area contributed by atoms with Crippen LogP contribution in [0.15, 0.2) is 72.8 Å². The van der Waals surface area contributed by atoms with Crippen LogP contribution in [0.5, 0.6) is 11.5 Å². The first-order valence-electron chi connectivity index (χ1n) is 12.7. The van der Waals surface area contributed by atoms with Crippen molar-refractivity contribution in [2.45, 2.75) is 64.8 Å². The monoisotopic (exact) mass is 474 g/mol. The Balaban J connectivity index is 1.81. The van der Waals surface area contributed by atoms with Gasteiger partial charge in [-0.15, -0.1) is 0 Å². The molecule has 0 heterocycles. The van der Waals surface area contributed by atoms with E-state index >= 15 is 0 Å². The topological polar surface area (TPSA) is 58.9 Å². The lowest BCUT2D eigenvalue weighted by atomic mass is 9.67. The van der Waals surface area contributed by atoms with Gasteiger partial charge in [-0.25, -0.2) is 0 Å². The van der Waals surface area contributed by atoms with E-state index < -0.39 is 17.8 Å². The first-order chi connectivity index (χ1) is 16.8. The summed E-state index contributed by atoms with van der Waals surface area (Å²) in [5.74, 6) is 0.591. The molecule has 0 radical (unpaired) electrons. The third kappa shape index (κ3) is 5.39. The number of phenols is 1. The van der Waals surface area contributed by atoms with Crippen LogP contribution in [-0.2, 0) is 10.3 Å². The van der Waals surface area contributed by atoms with Gasteiger partial charge in [0.05, 0.1) is 12.7 Å². The lowest BCUT2D eigenvalue weighted by Crippen LogP contribution is -2.52. The van der Waals surface area contributed by atoms with Crippen LogP contribution >= 0.6 is 0 Å². The van der Waals surface area contributed by atoms with Gasteiger partial charge in [0.15, 0.2) is 11.5 Å². The Kier molecular flexibility index (Phi) is 7.83. The van der Waals surface area contributed by atoms with E-state index in [-0.39, 0.29) is 11.7 Å². The molecule has 1 aliphatic carbocycles. The number of rotatable bonds is 8. The molecule has 1 fully saturated rings. The zero-order chi connectivity index (χ0) is 25.0. The van der Waals surface area contributed by atoms with Gasteiger partial charge >= 0.3 is 0 Å². The Morgan fingerprint density at radius 3 is 1.97 bits per heavy atom. The number of hydrogen-bond acceptors (Lipinski definition) is 4. The van der Waals surface area contributed by atoms with E-state index in [1.807, 2.05) is 6.07 Å². The van der Waals surface area contributed by atoms with Gasteiger partial charge in [0.2, 0.25) is 0 Å². The summed E-state index contributed by atoms with van der Waals surface area (Å²) >= 11 is 0. The summed E-state index contributed by atoms with van der Waals surface area (Å²) in [5.41, 5.74) is 3.62. The molecular weight excluding hydrogens is 436 g/mol. The molecule has 0 saturated heterocycles. The second-order valence-electron chi connectivity index (χ2n) is 10.3. The molecule has 1 saturated carbocycles. The molecule has 3 aromatic rings. The summed E-state index contributed by atoms with van der Waals surface area (Å²) in [7, 11) is 0. The van der Waals surface area contributed by atoms with Crippen LogP contribution in [0.3, 0.4) is 0 Å². The molecule has 3 aromatic carbocycles. The highest BCUT2D eigenvalue weighted by atomic mass is 16.5. The first kappa shape index (κ1) is 25.3. The van der Waals surface area contributed by atoms with E-state index in [4.69, 9.17) is 9.47 Å². The van der Waals surface area contributed by atoms with Crippen molar-refractivity contribution in [1.29, 1.82) is 0 Å². The summed E-state index contributed by atoms with van der Waals surface area (Å²) in [6.07, 6.45) is 1.19. The molecule has 3 atom stereocenters. The van der Waals surface area contributed by atoms with Gasteiger partial charge in [0.25, 0.3) is 0 Å². The Bertz CT molecular complexity index is 1040. The quantitative estimate of drug-likeness (QED) is 0.389. The van der Waals surface area contributed by atoms with Gasteiger partial charge in [0.1, 0.15) is 11.7 Å². The molecule has 0 aliphatic heterocycles. The molecule has 1 aliphatic rings. The Labute approximate surface area is 209 Å². The number of aromatic hydroxyl groups is 1. The highest BCUT2D eigenvalue weighted by molar-refractivity contribution is 5.41. The van der Waals surface area contributed by atoms with E-state index in [2.05, 4.69) is 76.2 Å². The van der Waals surface area contributed by atoms with E-state index in [0.29, 0.717) is 24.7 Å². The average molecular weight is 475 g/mol. The summed E-state index contributed by atoms with van der Waals surface area (Å²) in [4.78, 5) is 0. The fraction of sp³-hybridized carbons (Fsp3) is 0.419. The molecule has 0 bridgehead atoms. The number of benzene rings is 3. The van der Waals surface area contributed by atoms with Gasteiger partial charge in [-0.2, -0.15) is 0 Å². The van der Waals surface area contributed by atoms with Crippen LogP contribution in [0.4, 0.5) is 0 Å². The smallest absolute Gasteiger partial charge is 0.161 e. The normalized spacial score (nSPS) is 20.7. The van der Waals surface area contributed by atoms with Gasteiger partial charge in [0, 0.05) is 5.92 Å². The molecule has 0 amide bonds. The molecule has 35 heavy (non-hydrogen) atoms. The predicted octanol–water partition coefficient (Wildman–Crippen LogP) is 6.53. The fourth-order valence-electron chi connectivity index (χ4n) is 5.20. The largest absolute Gasteiger partial charge is 0.504 e. The Morgan fingerprint density at radius 1 is 0.857 bits per heavy atom. The zero-order valence-electron chi connectivity index (χ0n) is 21.3. The average Bonchev–Trinajstić information content (AvgIpc) is 2.84. The standard InChI is InChI=1S/C31H38O4/c1-21(2)20-34-31(24-16-12-22(3)13-17-24,25-18-14-23(4)15-19-25)26-8-7-11-29(30(26)33)35-28-10-6-5-9-27(28)32/h5-6,9-10,12-19,21,26,29-30,32-33H,7-8,11,20H2,1-4H3/t26-,29+,30+/m0/s1. The molecule has 4 rings (SSSR count). The molecule has 4 heteroatoms. The molecule has 186 valence electrons. The van der Waals surface area contributed by atoms with Crippen molar-refractivity contribution < 1.29 is 19.7 Å². The highest BCUT2D eigenvalue weighted by Gasteiger charge is 2.50. The number of aliphatic hydroxyl groups is 1. The summed E-state index contributed by atoms with van der Waals surface area (Å²) in [5, 5.41) is 22.1. The maximum Gasteiger partial charge on any atom is 0.161 e. The third-order valence-corrected chi connectivity index (χ3v) is 7.07. The molecular formula is C31H38O4. The van der Waals surface area contributed by atoms with Gasteiger partial charge < -0.3 is 19.7 Å². The summed E-state index contributed by atoms with van der Waals surface area (Å²) < 4.78 is 13.1. The van der Waals surface area contributed by atoms with Crippen molar-refractivity contribution in [1.82, 2.24) is 0 Å². The van der Waals surface area contributed by atoms with Crippen LogP contribution in [0, 0.1) is 25.7 Å². The SMILES string of the molecule is Cc1ccc(C(OCC(C)C)(c2ccc(C)cc2)[C@H]2CCC[C@@H](Oc3ccccc3O)[C@@H]2O)cc1. The van der Waals surface area contributed by atoms with Crippen LogP contribution in [0.25, 0.3) is 0 Å². The lowest BCUT2D eigenvalue weighted by molar-refractivity contribution is -0.143. The molecule has 0 unspecified atom stereocenters. The first-order valence-corrected chi connectivity index (χ1v) is 12.7. The molecule has 2 N–H and O–H groups in total. The van der Waals surface area contributed by atoms with E-state index in [0.717, 1.165) is 24.0 Å². The van der Waals surface area contributed by atoms with Crippen LogP contribution in [0.2, 0.25) is 0 Å². The Morgan fingerprint density at radius 2 is 1.43 bits per heavy atom. The van der Waals surface area contributed by atoms with Crippen molar-refractivity contribution >= 4 is 0 Å². The van der Waals surface area contributed by atoms with Crippen LogP contribution in [0.1, 0.15) is 55.4 Å². The van der Waals surface area contributed by atoms with E-state index in [1.54, 1.807) is 18.2 Å². The third-order valence-electron chi connectivity index (χ3n) is 7.07. The number of phenolic OH excluding ortho intramolecular Hbond substituents is 1. The molecule has 4 nitrogen and oxygen atoms in total. The zero-order valence-corrected chi connectivity index (χ0v) is 21.3. The predicted molar refractivity (Wildman–Crippen MR) is 140 cm³/mol. The van der Waals surface area contributed by atoms with Gasteiger partial charge in [-0.1, -0.05) is 85.6 Å². The van der Waals surface area contributed by atoms with Crippen molar-refractivity contribution in [2.24, 2.45) is 11.8 Å². The second-order valence-corrected chi connectivity index (χ2v) is 10.3. The number of para-hydroxylation sites is 2. The second kappa shape index (κ2) is 10.8. The maximum absolute atomic E-state index is 11.8. The van der Waals surface area contributed by atoms with Crippen molar-refractivity contribution in [3.63, 3.8) is 0 Å². The fourth-order valence-corrected chi connectivity index (χ4v) is 5.20. The van der Waals surface area contributed by atoms with Crippen molar-refractivity contribution in [3.05, 3.63) is 95.1 Å². The summed E-state index contributed by atoms with van der Waals surface area (Å²) in [6, 6.07) is 23.9. The minimum atomic E-state index is -0.828. The maximum atomic E-state index is 11.8. The van der Waals surface area contributed by atoms with Gasteiger partial charge in [-0.3, -0.25) is 0 Å². The minimum absolute atomic E-state index is 0.0845. The number of ether oxygens (including phenoxy) is 2.